The summed E-state index contributed by atoms with van der Waals surface area (Å²) in [5, 5.41) is 17.0. The highest BCUT2D eigenvalue weighted by molar-refractivity contribution is 6.41. The zero-order chi connectivity index (χ0) is 28.9. The van der Waals surface area contributed by atoms with E-state index in [9.17, 15) is 14.7 Å². The number of carbonyl (C=O) groups excluding carboxylic acids is 1. The Labute approximate surface area is 241 Å². The lowest BCUT2D eigenvalue weighted by atomic mass is 9.85. The predicted molar refractivity (Wildman–Crippen MR) is 154 cm³/mol. The molecule has 0 spiro atoms. The van der Waals surface area contributed by atoms with E-state index in [0.717, 1.165) is 5.56 Å². The summed E-state index contributed by atoms with van der Waals surface area (Å²) in [4.78, 5) is 31.4. The molecule has 0 saturated carbocycles. The number of aromatic carboxylic acids is 1. The van der Waals surface area contributed by atoms with Crippen LogP contribution in [0.15, 0.2) is 53.8 Å². The van der Waals surface area contributed by atoms with Crippen molar-refractivity contribution in [3.8, 4) is 22.8 Å². The normalized spacial score (nSPS) is 17.9. The Bertz CT molecular complexity index is 1530. The van der Waals surface area contributed by atoms with Gasteiger partial charge in [-0.25, -0.2) is 4.79 Å². The molecular weight excluding hydrogens is 555 g/mol. The summed E-state index contributed by atoms with van der Waals surface area (Å²) in [5.41, 5.74) is 2.35. The van der Waals surface area contributed by atoms with Gasteiger partial charge in [-0.15, -0.1) is 0 Å². The maximum atomic E-state index is 13.7. The monoisotopic (exact) mass is 582 g/mol. The Balaban J connectivity index is 1.69. The number of carboxylic acid groups (broad SMARTS) is 1. The number of benzene rings is 2. The van der Waals surface area contributed by atoms with Crippen LogP contribution in [-0.4, -0.2) is 58.9 Å². The summed E-state index contributed by atoms with van der Waals surface area (Å²) in [7, 11) is 3.27. The van der Waals surface area contributed by atoms with E-state index >= 15 is 0 Å². The highest BCUT2D eigenvalue weighted by Gasteiger charge is 2.48. The molecule has 11 heteroatoms. The summed E-state index contributed by atoms with van der Waals surface area (Å²) in [6.07, 6.45) is 1.44. The molecule has 0 aliphatic carbocycles. The Morgan fingerprint density at radius 2 is 1.82 bits per heavy atom. The highest BCUT2D eigenvalue weighted by Crippen LogP contribution is 2.49. The average Bonchev–Trinajstić information content (AvgIpc) is 3.30. The first kappa shape index (κ1) is 27.7. The van der Waals surface area contributed by atoms with Crippen molar-refractivity contribution in [1.29, 1.82) is 0 Å². The van der Waals surface area contributed by atoms with Crippen LogP contribution in [0.4, 0.5) is 5.69 Å². The van der Waals surface area contributed by atoms with Crippen molar-refractivity contribution >= 4 is 46.5 Å². The third-order valence-corrected chi connectivity index (χ3v) is 7.64. The number of methoxy groups -OCH3 is 1. The van der Waals surface area contributed by atoms with Gasteiger partial charge < -0.3 is 19.5 Å². The molecule has 2 aliphatic rings. The van der Waals surface area contributed by atoms with Crippen molar-refractivity contribution in [2.45, 2.75) is 32.4 Å². The average molecular weight is 583 g/mol. The molecule has 1 amide bonds. The van der Waals surface area contributed by atoms with Gasteiger partial charge in [-0.2, -0.15) is 5.10 Å². The third kappa shape index (κ3) is 4.95. The van der Waals surface area contributed by atoms with Crippen LogP contribution >= 0.6 is 23.2 Å². The molecule has 0 saturated heterocycles. The fourth-order valence-corrected chi connectivity index (χ4v) is 5.37. The van der Waals surface area contributed by atoms with E-state index in [2.05, 4.69) is 4.98 Å². The van der Waals surface area contributed by atoms with Gasteiger partial charge in [-0.05, 0) is 57.2 Å². The molecule has 208 valence electrons. The van der Waals surface area contributed by atoms with Gasteiger partial charge in [-0.3, -0.25) is 14.8 Å². The lowest BCUT2D eigenvalue weighted by Gasteiger charge is -2.36. The second-order valence-electron chi connectivity index (χ2n) is 10.7. The summed E-state index contributed by atoms with van der Waals surface area (Å²) in [6, 6.07) is 11.2. The number of amides is 1. The fraction of sp³-hybridized carbons (Fsp3) is 0.310. The van der Waals surface area contributed by atoms with E-state index in [4.69, 9.17) is 37.8 Å². The number of hydrazone groups is 1. The van der Waals surface area contributed by atoms with Crippen molar-refractivity contribution in [1.82, 2.24) is 9.88 Å². The molecular formula is C29H28Cl2N4O5. The van der Waals surface area contributed by atoms with Crippen LogP contribution in [0, 0.1) is 5.92 Å². The lowest BCUT2D eigenvalue weighted by Crippen LogP contribution is -2.48. The second kappa shape index (κ2) is 10.3. The minimum absolute atomic E-state index is 0.0939. The van der Waals surface area contributed by atoms with Gasteiger partial charge in [0.2, 0.25) is 0 Å². The fourth-order valence-electron chi connectivity index (χ4n) is 4.85. The Morgan fingerprint density at radius 3 is 2.45 bits per heavy atom. The van der Waals surface area contributed by atoms with Crippen molar-refractivity contribution in [3.63, 3.8) is 0 Å². The van der Waals surface area contributed by atoms with Crippen LogP contribution in [0.1, 0.15) is 42.7 Å². The number of carbonyl (C=O) groups is 2. The molecule has 9 nitrogen and oxygen atoms in total. The minimum Gasteiger partial charge on any atom is -0.496 e. The third-order valence-electron chi connectivity index (χ3n) is 7.20. The zero-order valence-electron chi connectivity index (χ0n) is 22.6. The number of hydrogen-bond acceptors (Lipinski definition) is 7. The van der Waals surface area contributed by atoms with Crippen molar-refractivity contribution < 1.29 is 24.2 Å². The van der Waals surface area contributed by atoms with Gasteiger partial charge in [0.15, 0.2) is 0 Å². The minimum atomic E-state index is -1.07. The summed E-state index contributed by atoms with van der Waals surface area (Å²) in [5.74, 6) is -0.671. The molecule has 3 heterocycles. The van der Waals surface area contributed by atoms with Gasteiger partial charge in [0.1, 0.15) is 17.2 Å². The number of rotatable bonds is 5. The first-order valence-corrected chi connectivity index (χ1v) is 13.3. The van der Waals surface area contributed by atoms with Crippen molar-refractivity contribution in [2.75, 3.05) is 25.8 Å². The second-order valence-corrected chi connectivity index (χ2v) is 11.6. The summed E-state index contributed by atoms with van der Waals surface area (Å²) in [6.45, 7) is 6.07. The van der Waals surface area contributed by atoms with Crippen LogP contribution in [0.25, 0.3) is 11.3 Å². The molecule has 0 bridgehead atoms. The number of ether oxygens (including phenoxy) is 2. The molecule has 0 radical (unpaired) electrons. The molecule has 2 atom stereocenters. The van der Waals surface area contributed by atoms with E-state index < -0.39 is 23.5 Å². The number of nitrogens with zero attached hydrogens (tertiary/aromatic N) is 4. The molecule has 3 aromatic rings. The Kier molecular flexibility index (Phi) is 7.14. The predicted octanol–water partition coefficient (Wildman–Crippen LogP) is 5.95. The molecule has 2 aliphatic heterocycles. The molecule has 5 rings (SSSR count). The molecule has 2 unspecified atom stereocenters. The van der Waals surface area contributed by atoms with Crippen molar-refractivity contribution in [3.05, 3.63) is 69.8 Å². The SMILES string of the molecule is COc1cc2c(cc1-c1cc(C(=O)O)ccn1)C1C(CO2)C(C(=O)N(C)C(C)(C)C)=NN1c1cc(Cl)cc(Cl)c1. The number of halogens is 2. The standard InChI is InChI=1S/C29H28Cl2N4O5/c1-29(2,3)34(4)27(36)25-21-14-40-24-13-23(39-5)19(22-8-15(28(37)38)6-7-32-22)12-20(24)26(21)35(33-25)18-10-16(30)9-17(31)11-18/h6-13,21,26H,14H2,1-5H3,(H,37,38). The molecule has 2 aromatic carbocycles. The van der Waals surface area contributed by atoms with Crippen LogP contribution in [0.3, 0.4) is 0 Å². The van der Waals surface area contributed by atoms with Crippen LogP contribution in [-0.2, 0) is 4.79 Å². The molecule has 0 fully saturated rings. The number of fused-ring (bicyclic) bond motifs is 3. The number of anilines is 1. The van der Waals surface area contributed by atoms with Gasteiger partial charge in [-0.1, -0.05) is 23.2 Å². The first-order valence-electron chi connectivity index (χ1n) is 12.6. The van der Waals surface area contributed by atoms with Crippen LogP contribution in [0.2, 0.25) is 10.0 Å². The topological polar surface area (TPSA) is 105 Å². The van der Waals surface area contributed by atoms with E-state index in [1.807, 2.05) is 26.8 Å². The van der Waals surface area contributed by atoms with Gasteiger partial charge in [0.25, 0.3) is 5.91 Å². The van der Waals surface area contributed by atoms with Gasteiger partial charge in [0.05, 0.1) is 42.6 Å². The first-order chi connectivity index (χ1) is 18.9. The van der Waals surface area contributed by atoms with E-state index in [1.165, 1.54) is 25.4 Å². The number of hydrogen-bond donors (Lipinski definition) is 1. The molecule has 40 heavy (non-hydrogen) atoms. The van der Waals surface area contributed by atoms with E-state index in [-0.39, 0.29) is 18.1 Å². The lowest BCUT2D eigenvalue weighted by molar-refractivity contribution is -0.127. The van der Waals surface area contributed by atoms with Crippen LogP contribution in [0.5, 0.6) is 11.5 Å². The van der Waals surface area contributed by atoms with Gasteiger partial charge >= 0.3 is 5.97 Å². The van der Waals surface area contributed by atoms with E-state index in [1.54, 1.807) is 41.2 Å². The van der Waals surface area contributed by atoms with Crippen LogP contribution < -0.4 is 14.5 Å². The Morgan fingerprint density at radius 1 is 1.12 bits per heavy atom. The van der Waals surface area contributed by atoms with E-state index in [0.29, 0.717) is 44.2 Å². The number of aromatic nitrogens is 1. The summed E-state index contributed by atoms with van der Waals surface area (Å²) >= 11 is 12.7. The molecule has 1 N–H and O–H groups in total. The maximum absolute atomic E-state index is 13.7. The zero-order valence-corrected chi connectivity index (χ0v) is 24.1. The maximum Gasteiger partial charge on any atom is 0.335 e. The summed E-state index contributed by atoms with van der Waals surface area (Å²) < 4.78 is 11.8. The smallest absolute Gasteiger partial charge is 0.335 e. The van der Waals surface area contributed by atoms with Crippen molar-refractivity contribution in [2.24, 2.45) is 11.0 Å². The Hall–Kier alpha value is -3.82. The van der Waals surface area contributed by atoms with Gasteiger partial charge in [0, 0.05) is 46.0 Å². The quantitative estimate of drug-likeness (QED) is 0.396. The highest BCUT2D eigenvalue weighted by atomic mass is 35.5. The largest absolute Gasteiger partial charge is 0.496 e. The number of pyridine rings is 1. The number of carboxylic acids is 1. The molecule has 1 aromatic heterocycles.